The summed E-state index contributed by atoms with van der Waals surface area (Å²) in [6, 6.07) is 0.901. The Hall–Kier alpha value is -0.810. The molecule has 1 saturated heterocycles. The van der Waals surface area contributed by atoms with E-state index in [1.165, 1.54) is 12.8 Å². The van der Waals surface area contributed by atoms with Gasteiger partial charge in [-0.25, -0.2) is 4.79 Å². The number of carbonyl (C=O) groups excluding carboxylic acids is 1. The summed E-state index contributed by atoms with van der Waals surface area (Å²) in [6.45, 7) is 5.22. The van der Waals surface area contributed by atoms with Gasteiger partial charge in [-0.3, -0.25) is 4.90 Å². The van der Waals surface area contributed by atoms with Crippen LogP contribution >= 0.6 is 0 Å². The molecule has 1 saturated carbocycles. The minimum absolute atomic E-state index is 0.0801. The van der Waals surface area contributed by atoms with Gasteiger partial charge in [0.25, 0.3) is 0 Å². The number of hydrogen-bond donors (Lipinski definition) is 1. The average molecular weight is 241 g/mol. The van der Waals surface area contributed by atoms with Gasteiger partial charge in [0, 0.05) is 52.5 Å². The normalized spacial score (nSPS) is 21.6. The van der Waals surface area contributed by atoms with E-state index in [9.17, 15) is 4.79 Å². The molecule has 0 unspecified atom stereocenters. The summed E-state index contributed by atoms with van der Waals surface area (Å²) >= 11 is 0. The molecule has 0 atom stereocenters. The molecular weight excluding hydrogens is 218 g/mol. The van der Waals surface area contributed by atoms with Crippen molar-refractivity contribution < 1.29 is 9.53 Å². The van der Waals surface area contributed by atoms with Crippen molar-refractivity contribution in [2.75, 3.05) is 46.4 Å². The Labute approximate surface area is 103 Å². The number of nitrogens with zero attached hydrogens (tertiary/aromatic N) is 2. The fraction of sp³-hybridized carbons (Fsp3) is 0.917. The van der Waals surface area contributed by atoms with Crippen LogP contribution in [-0.2, 0) is 4.74 Å². The predicted octanol–water partition coefficient (Wildman–Crippen LogP) is 0.513. The number of hydrogen-bond acceptors (Lipinski definition) is 3. The van der Waals surface area contributed by atoms with Crippen molar-refractivity contribution in [3.05, 3.63) is 0 Å². The van der Waals surface area contributed by atoms with Crippen LogP contribution in [-0.4, -0.2) is 68.3 Å². The minimum Gasteiger partial charge on any atom is -0.385 e. The van der Waals surface area contributed by atoms with E-state index in [1.807, 2.05) is 4.90 Å². The molecule has 0 spiro atoms. The largest absolute Gasteiger partial charge is 0.385 e. The van der Waals surface area contributed by atoms with Crippen molar-refractivity contribution in [3.8, 4) is 0 Å². The lowest BCUT2D eigenvalue weighted by Gasteiger charge is -2.34. The number of ether oxygens (including phenoxy) is 1. The first-order chi connectivity index (χ1) is 8.31. The van der Waals surface area contributed by atoms with E-state index >= 15 is 0 Å². The van der Waals surface area contributed by atoms with E-state index in [-0.39, 0.29) is 6.03 Å². The number of methoxy groups -OCH3 is 1. The first kappa shape index (κ1) is 12.6. The fourth-order valence-corrected chi connectivity index (χ4v) is 2.25. The maximum atomic E-state index is 11.8. The monoisotopic (exact) mass is 241 g/mol. The summed E-state index contributed by atoms with van der Waals surface area (Å²) in [7, 11) is 1.68. The summed E-state index contributed by atoms with van der Waals surface area (Å²) in [5.74, 6) is 0. The number of carbonyl (C=O) groups is 1. The number of amides is 2. The Morgan fingerprint density at radius 3 is 2.59 bits per heavy atom. The molecular formula is C12H23N3O2. The second-order valence-electron chi connectivity index (χ2n) is 4.83. The smallest absolute Gasteiger partial charge is 0.317 e. The highest BCUT2D eigenvalue weighted by Crippen LogP contribution is 2.27. The van der Waals surface area contributed by atoms with Gasteiger partial charge >= 0.3 is 6.03 Å². The molecule has 2 aliphatic rings. The van der Waals surface area contributed by atoms with Crippen LogP contribution in [0.3, 0.4) is 0 Å². The first-order valence-corrected chi connectivity index (χ1v) is 6.57. The van der Waals surface area contributed by atoms with E-state index in [4.69, 9.17) is 4.74 Å². The van der Waals surface area contributed by atoms with Gasteiger partial charge in [-0.05, 0) is 19.3 Å². The SMILES string of the molecule is COCCCNC(=O)N1CCN(C2CC2)CC1. The average Bonchev–Trinajstić information content (AvgIpc) is 3.19. The predicted molar refractivity (Wildman–Crippen MR) is 66.1 cm³/mol. The van der Waals surface area contributed by atoms with E-state index in [2.05, 4.69) is 10.2 Å². The maximum Gasteiger partial charge on any atom is 0.317 e. The third kappa shape index (κ3) is 3.85. The van der Waals surface area contributed by atoms with Gasteiger partial charge in [-0.15, -0.1) is 0 Å². The molecule has 5 nitrogen and oxygen atoms in total. The molecule has 1 heterocycles. The highest BCUT2D eigenvalue weighted by atomic mass is 16.5. The third-order valence-electron chi connectivity index (χ3n) is 3.47. The second-order valence-corrected chi connectivity index (χ2v) is 4.83. The van der Waals surface area contributed by atoms with E-state index in [0.717, 1.165) is 38.6 Å². The van der Waals surface area contributed by atoms with Gasteiger partial charge in [-0.1, -0.05) is 0 Å². The Bertz CT molecular complexity index is 248. The molecule has 98 valence electrons. The summed E-state index contributed by atoms with van der Waals surface area (Å²) in [5.41, 5.74) is 0. The lowest BCUT2D eigenvalue weighted by Crippen LogP contribution is -2.52. The molecule has 2 rings (SSSR count). The van der Waals surface area contributed by atoms with Gasteiger partial charge in [0.15, 0.2) is 0 Å². The molecule has 17 heavy (non-hydrogen) atoms. The van der Waals surface area contributed by atoms with Gasteiger partial charge in [-0.2, -0.15) is 0 Å². The van der Waals surface area contributed by atoms with Crippen LogP contribution < -0.4 is 5.32 Å². The molecule has 5 heteroatoms. The zero-order valence-corrected chi connectivity index (χ0v) is 10.7. The van der Waals surface area contributed by atoms with Crippen LogP contribution in [0.1, 0.15) is 19.3 Å². The van der Waals surface area contributed by atoms with Crippen LogP contribution in [0, 0.1) is 0 Å². The van der Waals surface area contributed by atoms with Crippen molar-refractivity contribution in [1.29, 1.82) is 0 Å². The van der Waals surface area contributed by atoms with Crippen molar-refractivity contribution >= 4 is 6.03 Å². The summed E-state index contributed by atoms with van der Waals surface area (Å²) in [4.78, 5) is 16.2. The highest BCUT2D eigenvalue weighted by molar-refractivity contribution is 5.74. The van der Waals surface area contributed by atoms with E-state index in [0.29, 0.717) is 13.2 Å². The first-order valence-electron chi connectivity index (χ1n) is 6.57. The van der Waals surface area contributed by atoms with Gasteiger partial charge in [0.1, 0.15) is 0 Å². The maximum absolute atomic E-state index is 11.8. The molecule has 0 aromatic rings. The molecule has 2 fully saturated rings. The summed E-state index contributed by atoms with van der Waals surface area (Å²) < 4.78 is 4.94. The topological polar surface area (TPSA) is 44.8 Å². The zero-order valence-electron chi connectivity index (χ0n) is 10.7. The standard InChI is InChI=1S/C12H23N3O2/c1-17-10-2-5-13-12(16)15-8-6-14(7-9-15)11-3-4-11/h11H,2-10H2,1H3,(H,13,16). The van der Waals surface area contributed by atoms with E-state index < -0.39 is 0 Å². The fourth-order valence-electron chi connectivity index (χ4n) is 2.25. The van der Waals surface area contributed by atoms with Gasteiger partial charge in [0.2, 0.25) is 0 Å². The third-order valence-corrected chi connectivity index (χ3v) is 3.47. The van der Waals surface area contributed by atoms with Crippen molar-refractivity contribution in [2.24, 2.45) is 0 Å². The summed E-state index contributed by atoms with van der Waals surface area (Å²) in [6.07, 6.45) is 3.58. The minimum atomic E-state index is 0.0801. The van der Waals surface area contributed by atoms with Crippen LogP contribution in [0.15, 0.2) is 0 Å². The Kier molecular flexibility index (Phi) is 4.62. The molecule has 1 aliphatic carbocycles. The second kappa shape index (κ2) is 6.21. The van der Waals surface area contributed by atoms with Crippen LogP contribution in [0.4, 0.5) is 4.79 Å². The quantitative estimate of drug-likeness (QED) is 0.713. The molecule has 0 radical (unpaired) electrons. The van der Waals surface area contributed by atoms with Crippen molar-refractivity contribution in [3.63, 3.8) is 0 Å². The zero-order chi connectivity index (χ0) is 12.1. The molecule has 1 aliphatic heterocycles. The number of urea groups is 1. The lowest BCUT2D eigenvalue weighted by atomic mass is 10.3. The molecule has 0 bridgehead atoms. The highest BCUT2D eigenvalue weighted by Gasteiger charge is 2.32. The molecule has 0 aromatic carbocycles. The number of nitrogens with one attached hydrogen (secondary N) is 1. The van der Waals surface area contributed by atoms with Crippen LogP contribution in [0.2, 0.25) is 0 Å². The number of piperazine rings is 1. The Morgan fingerprint density at radius 2 is 2.00 bits per heavy atom. The van der Waals surface area contributed by atoms with Crippen molar-refractivity contribution in [1.82, 2.24) is 15.1 Å². The van der Waals surface area contributed by atoms with E-state index in [1.54, 1.807) is 7.11 Å². The van der Waals surface area contributed by atoms with Crippen LogP contribution in [0.25, 0.3) is 0 Å². The lowest BCUT2D eigenvalue weighted by molar-refractivity contribution is 0.133. The molecule has 1 N–H and O–H groups in total. The Morgan fingerprint density at radius 1 is 1.29 bits per heavy atom. The summed E-state index contributed by atoms with van der Waals surface area (Å²) in [5, 5.41) is 2.94. The van der Waals surface area contributed by atoms with Crippen molar-refractivity contribution in [2.45, 2.75) is 25.3 Å². The van der Waals surface area contributed by atoms with Crippen LogP contribution in [0.5, 0.6) is 0 Å². The van der Waals surface area contributed by atoms with Gasteiger partial charge in [0.05, 0.1) is 0 Å². The number of rotatable bonds is 5. The van der Waals surface area contributed by atoms with Gasteiger partial charge < -0.3 is 15.0 Å². The molecule has 2 amide bonds. The molecule has 0 aromatic heterocycles. The Balaban J connectivity index is 1.60.